The van der Waals surface area contributed by atoms with E-state index >= 15 is 0 Å². The monoisotopic (exact) mass is 674 g/mol. The fourth-order valence-corrected chi connectivity index (χ4v) is 9.41. The Morgan fingerprint density at radius 1 is 1.00 bits per heavy atom. The average molecular weight is 675 g/mol. The van der Waals surface area contributed by atoms with Crippen LogP contribution in [-0.4, -0.2) is 81.0 Å². The Balaban J connectivity index is 1.32. The van der Waals surface area contributed by atoms with E-state index < -0.39 is 65.3 Å². The molecule has 4 rings (SSSR count). The average Bonchev–Trinajstić information content (AvgIpc) is 3.29. The number of rotatable bonds is 13. The number of aliphatic hydroxyl groups is 2. The second-order valence-corrected chi connectivity index (χ2v) is 15.6. The smallest absolute Gasteiger partial charge is 0.326 e. The molecule has 0 radical (unpaired) electrons. The SMILES string of the molecule is CC[C@H](C)[C@@H](NC(=O)[C@H](NC(=O)CCC(=O)OCC(=O)[C@@]1(O)CC[C@H]2[C@@H]3CCC4=CC(=O)CC[C@]4(C)[C@H]3[C@H](O)C[C@@]21C)C(C)C)C(=O)O. The van der Waals surface area contributed by atoms with E-state index in [0.717, 1.165) is 18.4 Å². The van der Waals surface area contributed by atoms with Crippen molar-refractivity contribution in [2.75, 3.05) is 6.61 Å². The van der Waals surface area contributed by atoms with Crippen molar-refractivity contribution in [3.05, 3.63) is 11.6 Å². The number of ketones is 2. The molecule has 4 aliphatic rings. The van der Waals surface area contributed by atoms with Crippen LogP contribution in [0.2, 0.25) is 0 Å². The Bertz CT molecular complexity index is 1340. The second-order valence-electron chi connectivity index (χ2n) is 15.6. The summed E-state index contributed by atoms with van der Waals surface area (Å²) in [6.45, 7) is 10.3. The fourth-order valence-electron chi connectivity index (χ4n) is 9.41. The molecule has 268 valence electrons. The third-order valence-electron chi connectivity index (χ3n) is 12.5. The lowest BCUT2D eigenvalue weighted by Crippen LogP contribution is -2.62. The number of hydrogen-bond donors (Lipinski definition) is 5. The van der Waals surface area contributed by atoms with E-state index in [1.165, 1.54) is 0 Å². The first-order valence-electron chi connectivity index (χ1n) is 17.5. The van der Waals surface area contributed by atoms with Gasteiger partial charge in [0.2, 0.25) is 17.6 Å². The maximum absolute atomic E-state index is 13.5. The van der Waals surface area contributed by atoms with Crippen LogP contribution in [0.1, 0.15) is 106 Å². The number of aliphatic hydroxyl groups excluding tert-OH is 1. The zero-order valence-corrected chi connectivity index (χ0v) is 29.2. The number of carboxylic acid groups (broad SMARTS) is 1. The van der Waals surface area contributed by atoms with E-state index in [1.807, 2.05) is 13.8 Å². The summed E-state index contributed by atoms with van der Waals surface area (Å²) in [6, 6.07) is -2.13. The number of carbonyl (C=O) groups is 6. The van der Waals surface area contributed by atoms with Gasteiger partial charge in [-0.15, -0.1) is 0 Å². The van der Waals surface area contributed by atoms with Crippen LogP contribution in [0.15, 0.2) is 11.6 Å². The molecule has 2 amide bonds. The van der Waals surface area contributed by atoms with E-state index in [4.69, 9.17) is 4.74 Å². The van der Waals surface area contributed by atoms with Crippen molar-refractivity contribution >= 4 is 35.3 Å². The molecule has 0 aromatic rings. The number of carbonyl (C=O) groups excluding carboxylic acids is 5. The maximum atomic E-state index is 13.5. The number of aliphatic carboxylic acids is 1. The van der Waals surface area contributed by atoms with E-state index in [-0.39, 0.29) is 66.5 Å². The van der Waals surface area contributed by atoms with Gasteiger partial charge >= 0.3 is 11.9 Å². The third kappa shape index (κ3) is 6.97. The first-order valence-corrected chi connectivity index (χ1v) is 17.5. The van der Waals surface area contributed by atoms with Crippen LogP contribution >= 0.6 is 0 Å². The molecule has 0 unspecified atom stereocenters. The first kappa shape index (κ1) is 37.7. The third-order valence-corrected chi connectivity index (χ3v) is 12.5. The highest BCUT2D eigenvalue weighted by atomic mass is 16.5. The van der Waals surface area contributed by atoms with Gasteiger partial charge in [0.15, 0.2) is 12.4 Å². The van der Waals surface area contributed by atoms with Crippen LogP contribution in [0.5, 0.6) is 0 Å². The van der Waals surface area contributed by atoms with Crippen LogP contribution in [0, 0.1) is 40.4 Å². The number of carboxylic acids is 1. The van der Waals surface area contributed by atoms with E-state index in [1.54, 1.807) is 26.8 Å². The molecule has 0 bridgehead atoms. The van der Waals surface area contributed by atoms with Crippen molar-refractivity contribution < 1.29 is 48.8 Å². The second kappa shape index (κ2) is 14.4. The molecule has 0 aliphatic heterocycles. The van der Waals surface area contributed by atoms with Crippen LogP contribution in [0.25, 0.3) is 0 Å². The molecule has 48 heavy (non-hydrogen) atoms. The zero-order chi connectivity index (χ0) is 35.8. The van der Waals surface area contributed by atoms with Crippen LogP contribution in [-0.2, 0) is 33.5 Å². The topological polar surface area (TPSA) is 196 Å². The normalized spacial score (nSPS) is 34.4. The molecule has 10 atom stereocenters. The van der Waals surface area contributed by atoms with Gasteiger partial charge in [-0.3, -0.25) is 24.0 Å². The quantitative estimate of drug-likeness (QED) is 0.181. The minimum Gasteiger partial charge on any atom is -0.480 e. The van der Waals surface area contributed by atoms with Gasteiger partial charge in [0, 0.05) is 18.3 Å². The standard InChI is InChI=1S/C36H54N2O10/c1-7-20(4)31(33(45)46)38-32(44)30(19(2)3)37-27(42)10-11-28(43)48-18-26(41)36(47)15-13-24-23-9-8-21-16-22(39)12-14-34(21,5)29(23)25(40)17-35(24,36)6/h16,19-20,23-25,29-31,40,47H,7-15,17-18H2,1-6H3,(H,37,42)(H,38,44)(H,45,46)/t20-,23-,24-,25+,29+,30+,31+,34-,35-,36-/m0/s1. The van der Waals surface area contributed by atoms with Crippen molar-refractivity contribution in [2.45, 2.75) is 130 Å². The summed E-state index contributed by atoms with van der Waals surface area (Å²) in [5.41, 5.74) is -1.90. The Morgan fingerprint density at radius 3 is 2.31 bits per heavy atom. The van der Waals surface area contributed by atoms with Gasteiger partial charge in [-0.05, 0) is 79.6 Å². The molecule has 0 aromatic heterocycles. The van der Waals surface area contributed by atoms with Crippen molar-refractivity contribution in [3.8, 4) is 0 Å². The fraction of sp³-hybridized carbons (Fsp3) is 0.778. The summed E-state index contributed by atoms with van der Waals surface area (Å²) in [5.74, 6) is -4.42. The number of amides is 2. The summed E-state index contributed by atoms with van der Waals surface area (Å²) in [7, 11) is 0. The number of nitrogens with one attached hydrogen (secondary N) is 2. The molecular formula is C36H54N2O10. The van der Waals surface area contributed by atoms with Crippen molar-refractivity contribution in [3.63, 3.8) is 0 Å². The van der Waals surface area contributed by atoms with Gasteiger partial charge < -0.3 is 30.7 Å². The lowest BCUT2D eigenvalue weighted by atomic mass is 9.45. The summed E-state index contributed by atoms with van der Waals surface area (Å²) >= 11 is 0. The first-order chi connectivity index (χ1) is 22.4. The largest absolute Gasteiger partial charge is 0.480 e. The van der Waals surface area contributed by atoms with E-state index in [2.05, 4.69) is 17.6 Å². The molecular weight excluding hydrogens is 620 g/mol. The Kier molecular flexibility index (Phi) is 11.3. The number of fused-ring (bicyclic) bond motifs is 5. The number of ether oxygens (including phenoxy) is 1. The van der Waals surface area contributed by atoms with Crippen molar-refractivity contribution in [2.24, 2.45) is 40.4 Å². The summed E-state index contributed by atoms with van der Waals surface area (Å²) in [6.07, 6.45) is 4.52. The lowest BCUT2D eigenvalue weighted by Gasteiger charge is -2.60. The maximum Gasteiger partial charge on any atom is 0.326 e. The zero-order valence-electron chi connectivity index (χ0n) is 29.2. The van der Waals surface area contributed by atoms with Crippen molar-refractivity contribution in [1.29, 1.82) is 0 Å². The summed E-state index contributed by atoms with van der Waals surface area (Å²) in [5, 5.41) is 38.0. The molecule has 0 aromatic carbocycles. The van der Waals surface area contributed by atoms with Crippen LogP contribution < -0.4 is 10.6 Å². The number of allylic oxidation sites excluding steroid dienone is 1. The number of hydrogen-bond acceptors (Lipinski definition) is 9. The Morgan fingerprint density at radius 2 is 1.69 bits per heavy atom. The molecule has 3 fully saturated rings. The van der Waals surface area contributed by atoms with Gasteiger partial charge in [0.1, 0.15) is 17.7 Å². The minimum atomic E-state index is -1.79. The lowest BCUT2D eigenvalue weighted by molar-refractivity contribution is -0.184. The predicted molar refractivity (Wildman–Crippen MR) is 174 cm³/mol. The molecule has 0 saturated heterocycles. The molecule has 5 N–H and O–H groups in total. The molecule has 0 heterocycles. The Labute approximate surface area is 282 Å². The molecule has 3 saturated carbocycles. The molecule has 0 spiro atoms. The molecule has 4 aliphatic carbocycles. The van der Waals surface area contributed by atoms with Gasteiger partial charge in [-0.25, -0.2) is 4.79 Å². The number of Topliss-reactive ketones (excluding diaryl/α,β-unsaturated/α-hetero) is 1. The highest BCUT2D eigenvalue weighted by Crippen LogP contribution is 2.67. The van der Waals surface area contributed by atoms with Crippen molar-refractivity contribution in [1.82, 2.24) is 10.6 Å². The van der Waals surface area contributed by atoms with E-state index in [0.29, 0.717) is 25.7 Å². The highest BCUT2D eigenvalue weighted by Gasteiger charge is 2.68. The number of esters is 1. The summed E-state index contributed by atoms with van der Waals surface area (Å²) < 4.78 is 5.23. The Hall–Kier alpha value is -3.12. The molecule has 12 heteroatoms. The predicted octanol–water partition coefficient (Wildman–Crippen LogP) is 2.87. The van der Waals surface area contributed by atoms with Gasteiger partial charge in [0.25, 0.3) is 0 Å². The van der Waals surface area contributed by atoms with Gasteiger partial charge in [-0.1, -0.05) is 53.5 Å². The van der Waals surface area contributed by atoms with E-state index in [9.17, 15) is 44.1 Å². The van der Waals surface area contributed by atoms with Crippen LogP contribution in [0.3, 0.4) is 0 Å². The minimum absolute atomic E-state index is 0.0164. The molecule has 12 nitrogen and oxygen atoms in total. The highest BCUT2D eigenvalue weighted by molar-refractivity contribution is 5.93. The van der Waals surface area contributed by atoms with Crippen LogP contribution in [0.4, 0.5) is 0 Å². The van der Waals surface area contributed by atoms with Gasteiger partial charge in [0.05, 0.1) is 12.5 Å². The summed E-state index contributed by atoms with van der Waals surface area (Å²) in [4.78, 5) is 75.5. The van der Waals surface area contributed by atoms with Gasteiger partial charge in [-0.2, -0.15) is 0 Å².